The molecule has 1 aromatic carbocycles. The molecule has 116 valence electrons. The largest absolute Gasteiger partial charge is 0.368 e. The molecule has 1 unspecified atom stereocenters. The number of hydrogen-bond acceptors (Lipinski definition) is 2. The van der Waals surface area contributed by atoms with Crippen molar-refractivity contribution in [2.75, 3.05) is 6.61 Å². The lowest BCUT2D eigenvalue weighted by Crippen LogP contribution is -2.33. The van der Waals surface area contributed by atoms with E-state index < -0.39 is 0 Å². The standard InChI is InChI=1S/C18H22N2O2/c1-13-11-15(12-19-18(21)17-9-6-10-22-17)14(2)20(13)16-7-4-3-5-8-16/h3-5,7-8,11,17H,6,9-10,12H2,1-2H3,(H,19,21). The molecule has 0 radical (unpaired) electrons. The predicted molar refractivity (Wildman–Crippen MR) is 86.1 cm³/mol. The molecule has 1 aromatic heterocycles. The summed E-state index contributed by atoms with van der Waals surface area (Å²) in [6.07, 6.45) is 1.53. The number of carbonyl (C=O) groups excluding carboxylic acids is 1. The lowest BCUT2D eigenvalue weighted by atomic mass is 10.2. The van der Waals surface area contributed by atoms with Gasteiger partial charge in [-0.2, -0.15) is 0 Å². The average molecular weight is 298 g/mol. The Hall–Kier alpha value is -2.07. The number of aromatic nitrogens is 1. The fourth-order valence-corrected chi connectivity index (χ4v) is 3.06. The summed E-state index contributed by atoms with van der Waals surface area (Å²) in [5.41, 5.74) is 4.63. The summed E-state index contributed by atoms with van der Waals surface area (Å²) in [5, 5.41) is 3.00. The monoisotopic (exact) mass is 298 g/mol. The molecule has 2 heterocycles. The van der Waals surface area contributed by atoms with Gasteiger partial charge in [0.2, 0.25) is 5.91 Å². The van der Waals surface area contributed by atoms with Crippen molar-refractivity contribution in [3.05, 3.63) is 53.3 Å². The van der Waals surface area contributed by atoms with Gasteiger partial charge in [-0.3, -0.25) is 4.79 Å². The summed E-state index contributed by atoms with van der Waals surface area (Å²) in [4.78, 5) is 12.0. The highest BCUT2D eigenvalue weighted by Crippen LogP contribution is 2.21. The fourth-order valence-electron chi connectivity index (χ4n) is 3.06. The molecule has 2 aromatic rings. The highest BCUT2D eigenvalue weighted by atomic mass is 16.5. The molecule has 4 heteroatoms. The molecular weight excluding hydrogens is 276 g/mol. The van der Waals surface area contributed by atoms with Crippen LogP contribution in [0.15, 0.2) is 36.4 Å². The third-order valence-corrected chi connectivity index (χ3v) is 4.23. The first-order chi connectivity index (χ1) is 10.7. The van der Waals surface area contributed by atoms with Gasteiger partial charge < -0.3 is 14.6 Å². The van der Waals surface area contributed by atoms with Gasteiger partial charge in [0.1, 0.15) is 6.10 Å². The van der Waals surface area contributed by atoms with E-state index in [9.17, 15) is 4.79 Å². The predicted octanol–water partition coefficient (Wildman–Crippen LogP) is 2.89. The molecule has 0 spiro atoms. The van der Waals surface area contributed by atoms with Crippen LogP contribution in [-0.2, 0) is 16.1 Å². The summed E-state index contributed by atoms with van der Waals surface area (Å²) in [7, 11) is 0. The van der Waals surface area contributed by atoms with Gasteiger partial charge in [0.05, 0.1) is 0 Å². The molecule has 1 amide bonds. The van der Waals surface area contributed by atoms with Crippen LogP contribution in [0.2, 0.25) is 0 Å². The first-order valence-electron chi connectivity index (χ1n) is 7.79. The Morgan fingerprint density at radius 1 is 1.32 bits per heavy atom. The van der Waals surface area contributed by atoms with Crippen molar-refractivity contribution in [2.45, 2.75) is 39.3 Å². The second-order valence-electron chi connectivity index (χ2n) is 5.79. The summed E-state index contributed by atoms with van der Waals surface area (Å²) < 4.78 is 7.63. The zero-order chi connectivity index (χ0) is 15.5. The van der Waals surface area contributed by atoms with Gasteiger partial charge in [-0.15, -0.1) is 0 Å². The first-order valence-corrected chi connectivity index (χ1v) is 7.79. The maximum Gasteiger partial charge on any atom is 0.249 e. The smallest absolute Gasteiger partial charge is 0.249 e. The van der Waals surface area contributed by atoms with E-state index >= 15 is 0 Å². The van der Waals surface area contributed by atoms with E-state index in [0.29, 0.717) is 13.2 Å². The van der Waals surface area contributed by atoms with Crippen molar-refractivity contribution in [3.63, 3.8) is 0 Å². The molecule has 0 aliphatic carbocycles. The molecule has 1 aliphatic rings. The molecular formula is C18H22N2O2. The van der Waals surface area contributed by atoms with E-state index in [2.05, 4.69) is 41.9 Å². The van der Waals surface area contributed by atoms with Crippen molar-refractivity contribution in [3.8, 4) is 5.69 Å². The number of aryl methyl sites for hydroxylation is 1. The van der Waals surface area contributed by atoms with Gasteiger partial charge in [0.25, 0.3) is 0 Å². The third-order valence-electron chi connectivity index (χ3n) is 4.23. The van der Waals surface area contributed by atoms with Gasteiger partial charge in [-0.05, 0) is 50.5 Å². The molecule has 1 aliphatic heterocycles. The molecule has 3 rings (SSSR count). The van der Waals surface area contributed by atoms with Crippen molar-refractivity contribution >= 4 is 5.91 Å². The number of amides is 1. The zero-order valence-corrected chi connectivity index (χ0v) is 13.1. The van der Waals surface area contributed by atoms with Crippen LogP contribution in [0.25, 0.3) is 5.69 Å². The topological polar surface area (TPSA) is 43.3 Å². The van der Waals surface area contributed by atoms with Crippen molar-refractivity contribution in [1.82, 2.24) is 9.88 Å². The molecule has 1 atom stereocenters. The number of rotatable bonds is 4. The minimum atomic E-state index is -0.266. The number of carbonyl (C=O) groups is 1. The van der Waals surface area contributed by atoms with E-state index in [-0.39, 0.29) is 12.0 Å². The molecule has 4 nitrogen and oxygen atoms in total. The summed E-state index contributed by atoms with van der Waals surface area (Å²) in [6.45, 7) is 5.42. The Bertz CT molecular complexity index is 655. The highest BCUT2D eigenvalue weighted by Gasteiger charge is 2.23. The Morgan fingerprint density at radius 3 is 2.77 bits per heavy atom. The molecule has 1 fully saturated rings. The average Bonchev–Trinajstić information content (AvgIpc) is 3.15. The Labute approximate surface area is 131 Å². The summed E-state index contributed by atoms with van der Waals surface area (Å²) >= 11 is 0. The molecule has 1 saturated heterocycles. The van der Waals surface area contributed by atoms with Gasteiger partial charge in [0.15, 0.2) is 0 Å². The van der Waals surface area contributed by atoms with Crippen LogP contribution in [0.1, 0.15) is 29.8 Å². The van der Waals surface area contributed by atoms with Crippen LogP contribution in [-0.4, -0.2) is 23.2 Å². The third kappa shape index (κ3) is 2.92. The maximum atomic E-state index is 12.0. The van der Waals surface area contributed by atoms with Crippen molar-refractivity contribution in [2.24, 2.45) is 0 Å². The van der Waals surface area contributed by atoms with Crippen molar-refractivity contribution < 1.29 is 9.53 Å². The number of nitrogens with one attached hydrogen (secondary N) is 1. The van der Waals surface area contributed by atoms with E-state index in [1.807, 2.05) is 18.2 Å². The van der Waals surface area contributed by atoms with E-state index in [4.69, 9.17) is 4.74 Å². The summed E-state index contributed by atoms with van der Waals surface area (Å²) in [6, 6.07) is 12.4. The van der Waals surface area contributed by atoms with Gasteiger partial charge in [-0.1, -0.05) is 18.2 Å². The van der Waals surface area contributed by atoms with Crippen LogP contribution in [0.3, 0.4) is 0 Å². The quantitative estimate of drug-likeness (QED) is 0.943. The van der Waals surface area contributed by atoms with Crippen LogP contribution in [0.4, 0.5) is 0 Å². The first kappa shape index (κ1) is 14.9. The number of para-hydroxylation sites is 1. The Balaban J connectivity index is 1.74. The normalized spacial score (nSPS) is 17.6. The van der Waals surface area contributed by atoms with Crippen LogP contribution in [0, 0.1) is 13.8 Å². The Morgan fingerprint density at radius 2 is 2.09 bits per heavy atom. The van der Waals surface area contributed by atoms with E-state index in [1.165, 1.54) is 5.69 Å². The van der Waals surface area contributed by atoms with Gasteiger partial charge in [0, 0.05) is 30.2 Å². The van der Waals surface area contributed by atoms with E-state index in [1.54, 1.807) is 0 Å². The number of nitrogens with zero attached hydrogens (tertiary/aromatic N) is 1. The summed E-state index contributed by atoms with van der Waals surface area (Å²) in [5.74, 6) is 0.00186. The highest BCUT2D eigenvalue weighted by molar-refractivity contribution is 5.80. The fraction of sp³-hybridized carbons (Fsp3) is 0.389. The number of ether oxygens (including phenoxy) is 1. The lowest BCUT2D eigenvalue weighted by Gasteiger charge is -2.12. The van der Waals surface area contributed by atoms with Crippen LogP contribution < -0.4 is 5.32 Å². The molecule has 0 saturated carbocycles. The van der Waals surface area contributed by atoms with Gasteiger partial charge in [-0.25, -0.2) is 0 Å². The lowest BCUT2D eigenvalue weighted by molar-refractivity contribution is -0.130. The minimum absolute atomic E-state index is 0.00186. The van der Waals surface area contributed by atoms with Crippen LogP contribution in [0.5, 0.6) is 0 Å². The minimum Gasteiger partial charge on any atom is -0.368 e. The van der Waals surface area contributed by atoms with E-state index in [0.717, 1.165) is 29.8 Å². The number of hydrogen-bond donors (Lipinski definition) is 1. The molecule has 0 bridgehead atoms. The van der Waals surface area contributed by atoms with Gasteiger partial charge >= 0.3 is 0 Å². The number of benzene rings is 1. The zero-order valence-electron chi connectivity index (χ0n) is 13.1. The molecule has 22 heavy (non-hydrogen) atoms. The SMILES string of the molecule is Cc1cc(CNC(=O)C2CCCO2)c(C)n1-c1ccccc1. The van der Waals surface area contributed by atoms with Crippen molar-refractivity contribution in [1.29, 1.82) is 0 Å². The Kier molecular flexibility index (Phi) is 4.29. The second-order valence-corrected chi connectivity index (χ2v) is 5.79. The molecule has 1 N–H and O–H groups in total. The second kappa shape index (κ2) is 6.36. The van der Waals surface area contributed by atoms with Crippen LogP contribution >= 0.6 is 0 Å². The maximum absolute atomic E-state index is 12.0.